The lowest BCUT2D eigenvalue weighted by Gasteiger charge is -2.29. The van der Waals surface area contributed by atoms with Gasteiger partial charge in [0.2, 0.25) is 5.91 Å². The number of amides is 3. The third-order valence-electron chi connectivity index (χ3n) is 7.33. The quantitative estimate of drug-likeness (QED) is 0.334. The first kappa shape index (κ1) is 26.9. The van der Waals surface area contributed by atoms with Gasteiger partial charge in [0, 0.05) is 23.5 Å². The predicted molar refractivity (Wildman–Crippen MR) is 150 cm³/mol. The standard InChI is InChI=1S/C31H35N3O4/c1-20-6-4-5-7-27(20)32-31(38)33-28-17-12-24(18-21(28)2)19-29(35)34-22(3)8-15-26(34)16-11-23-9-13-25(14-10-23)30(36)37/h4-7,9-10,12-14,17-18,22,26H,8,11,15-16,19H2,1-3H3,(H,36,37)(H2,32,33,38)/t22-,26-/m0/s1. The molecule has 4 rings (SSSR count). The number of para-hydroxylation sites is 1. The number of hydrogen-bond donors (Lipinski definition) is 3. The smallest absolute Gasteiger partial charge is 0.335 e. The Morgan fingerprint density at radius 2 is 1.53 bits per heavy atom. The SMILES string of the molecule is Cc1ccccc1NC(=O)Nc1ccc(CC(=O)N2[C@H](CCc3ccc(C(=O)O)cc3)CC[C@@H]2C)cc1C. The molecule has 0 unspecified atom stereocenters. The number of hydrogen-bond acceptors (Lipinski definition) is 3. The molecule has 0 bridgehead atoms. The summed E-state index contributed by atoms with van der Waals surface area (Å²) in [4.78, 5) is 39.0. The zero-order valence-corrected chi connectivity index (χ0v) is 22.2. The first-order chi connectivity index (χ1) is 18.2. The highest BCUT2D eigenvalue weighted by atomic mass is 16.4. The summed E-state index contributed by atoms with van der Waals surface area (Å²) in [7, 11) is 0. The maximum absolute atomic E-state index is 13.4. The van der Waals surface area contributed by atoms with Crippen LogP contribution in [0.1, 0.15) is 58.8 Å². The molecule has 0 aromatic heterocycles. The highest BCUT2D eigenvalue weighted by Gasteiger charge is 2.33. The molecule has 3 amide bonds. The summed E-state index contributed by atoms with van der Waals surface area (Å²) in [5, 5.41) is 14.9. The molecule has 1 aliphatic rings. The van der Waals surface area contributed by atoms with Crippen molar-refractivity contribution in [2.24, 2.45) is 0 Å². The summed E-state index contributed by atoms with van der Waals surface area (Å²) in [6, 6.07) is 20.3. The van der Waals surface area contributed by atoms with Gasteiger partial charge in [-0.1, -0.05) is 42.5 Å². The van der Waals surface area contributed by atoms with E-state index in [4.69, 9.17) is 5.11 Å². The van der Waals surface area contributed by atoms with Crippen molar-refractivity contribution < 1.29 is 19.5 Å². The number of aromatic carboxylic acids is 1. The molecule has 1 aliphatic heterocycles. The fourth-order valence-electron chi connectivity index (χ4n) is 5.18. The van der Waals surface area contributed by atoms with E-state index in [1.807, 2.05) is 73.3 Å². The topological polar surface area (TPSA) is 98.7 Å². The zero-order chi connectivity index (χ0) is 27.2. The summed E-state index contributed by atoms with van der Waals surface area (Å²) >= 11 is 0. The summed E-state index contributed by atoms with van der Waals surface area (Å²) in [6.07, 6.45) is 3.90. The lowest BCUT2D eigenvalue weighted by molar-refractivity contribution is -0.133. The molecule has 0 saturated carbocycles. The first-order valence-corrected chi connectivity index (χ1v) is 13.1. The van der Waals surface area contributed by atoms with Gasteiger partial charge in [-0.15, -0.1) is 0 Å². The second-order valence-electron chi connectivity index (χ2n) is 10.1. The lowest BCUT2D eigenvalue weighted by Crippen LogP contribution is -2.41. The van der Waals surface area contributed by atoms with Gasteiger partial charge in [0.1, 0.15) is 0 Å². The van der Waals surface area contributed by atoms with E-state index in [1.54, 1.807) is 12.1 Å². The van der Waals surface area contributed by atoms with E-state index in [1.165, 1.54) is 0 Å². The van der Waals surface area contributed by atoms with Crippen LogP contribution in [0.15, 0.2) is 66.7 Å². The van der Waals surface area contributed by atoms with Crippen molar-refractivity contribution in [3.63, 3.8) is 0 Å². The average molecular weight is 514 g/mol. The van der Waals surface area contributed by atoms with Crippen LogP contribution < -0.4 is 10.6 Å². The summed E-state index contributed by atoms with van der Waals surface area (Å²) in [5.74, 6) is -0.818. The van der Waals surface area contributed by atoms with Gasteiger partial charge in [-0.25, -0.2) is 9.59 Å². The summed E-state index contributed by atoms with van der Waals surface area (Å²) in [5.41, 5.74) is 5.62. The van der Waals surface area contributed by atoms with Crippen molar-refractivity contribution >= 4 is 29.3 Å². The molecule has 0 spiro atoms. The van der Waals surface area contributed by atoms with E-state index in [0.717, 1.165) is 53.6 Å². The summed E-state index contributed by atoms with van der Waals surface area (Å²) < 4.78 is 0. The number of carbonyl (C=O) groups excluding carboxylic acids is 2. The van der Waals surface area contributed by atoms with E-state index < -0.39 is 5.97 Å². The number of carboxylic acid groups (broad SMARTS) is 1. The van der Waals surface area contributed by atoms with E-state index in [-0.39, 0.29) is 29.6 Å². The Bertz CT molecular complexity index is 1320. The van der Waals surface area contributed by atoms with Crippen molar-refractivity contribution in [2.45, 2.75) is 65.0 Å². The minimum atomic E-state index is -0.928. The number of likely N-dealkylation sites (tertiary alicyclic amines) is 1. The first-order valence-electron chi connectivity index (χ1n) is 13.1. The molecular weight excluding hydrogens is 478 g/mol. The molecule has 3 aromatic rings. The number of urea groups is 1. The van der Waals surface area contributed by atoms with E-state index in [9.17, 15) is 14.4 Å². The fourth-order valence-corrected chi connectivity index (χ4v) is 5.18. The van der Waals surface area contributed by atoms with E-state index in [0.29, 0.717) is 12.1 Å². The van der Waals surface area contributed by atoms with Crippen molar-refractivity contribution in [1.29, 1.82) is 0 Å². The van der Waals surface area contributed by atoms with E-state index in [2.05, 4.69) is 17.6 Å². The maximum atomic E-state index is 13.4. The molecule has 1 fully saturated rings. The third kappa shape index (κ3) is 6.59. The van der Waals surface area contributed by atoms with Crippen LogP contribution >= 0.6 is 0 Å². The van der Waals surface area contributed by atoms with Crippen LogP contribution in [-0.2, 0) is 17.6 Å². The lowest BCUT2D eigenvalue weighted by atomic mass is 10.0. The summed E-state index contributed by atoms with van der Waals surface area (Å²) in [6.45, 7) is 5.97. The van der Waals surface area contributed by atoms with Gasteiger partial charge in [0.25, 0.3) is 0 Å². The van der Waals surface area contributed by atoms with Gasteiger partial charge in [-0.05, 0) is 93.0 Å². The number of aryl methyl sites for hydroxylation is 3. The zero-order valence-electron chi connectivity index (χ0n) is 22.2. The van der Waals surface area contributed by atoms with Gasteiger partial charge in [-0.3, -0.25) is 4.79 Å². The molecular formula is C31H35N3O4. The number of carbonyl (C=O) groups is 3. The molecule has 7 nitrogen and oxygen atoms in total. The third-order valence-corrected chi connectivity index (χ3v) is 7.33. The molecule has 38 heavy (non-hydrogen) atoms. The fraction of sp³-hybridized carbons (Fsp3) is 0.323. The van der Waals surface area contributed by atoms with Crippen LogP contribution in [0.3, 0.4) is 0 Å². The van der Waals surface area contributed by atoms with Gasteiger partial charge < -0.3 is 20.6 Å². The molecule has 1 saturated heterocycles. The maximum Gasteiger partial charge on any atom is 0.335 e. The molecule has 7 heteroatoms. The molecule has 1 heterocycles. The van der Waals surface area contributed by atoms with Crippen molar-refractivity contribution in [3.05, 3.63) is 94.5 Å². The number of nitrogens with zero attached hydrogens (tertiary/aromatic N) is 1. The molecule has 2 atom stereocenters. The number of rotatable bonds is 8. The Morgan fingerprint density at radius 1 is 0.868 bits per heavy atom. The monoisotopic (exact) mass is 513 g/mol. The number of benzene rings is 3. The van der Waals surface area contributed by atoms with Gasteiger partial charge in [0.15, 0.2) is 0 Å². The van der Waals surface area contributed by atoms with Crippen LogP contribution in [0.2, 0.25) is 0 Å². The molecule has 3 aromatic carbocycles. The highest BCUT2D eigenvalue weighted by molar-refractivity contribution is 6.00. The predicted octanol–water partition coefficient (Wildman–Crippen LogP) is 6.20. The normalized spacial score (nSPS) is 16.8. The Balaban J connectivity index is 1.34. The van der Waals surface area contributed by atoms with Crippen LogP contribution in [0.5, 0.6) is 0 Å². The minimum Gasteiger partial charge on any atom is -0.478 e. The molecule has 0 radical (unpaired) electrons. The number of anilines is 2. The molecule has 3 N–H and O–H groups in total. The Labute approximate surface area is 223 Å². The minimum absolute atomic E-state index is 0.110. The number of carboxylic acids is 1. The second-order valence-corrected chi connectivity index (χ2v) is 10.1. The van der Waals surface area contributed by atoms with Crippen LogP contribution in [0, 0.1) is 13.8 Å². The average Bonchev–Trinajstić information content (AvgIpc) is 3.26. The van der Waals surface area contributed by atoms with Crippen LogP contribution in [0.4, 0.5) is 16.2 Å². The molecule has 198 valence electrons. The van der Waals surface area contributed by atoms with Crippen LogP contribution in [-0.4, -0.2) is 40.0 Å². The van der Waals surface area contributed by atoms with E-state index >= 15 is 0 Å². The largest absolute Gasteiger partial charge is 0.478 e. The van der Waals surface area contributed by atoms with Gasteiger partial charge in [0.05, 0.1) is 12.0 Å². The Kier molecular flexibility index (Phi) is 8.46. The second kappa shape index (κ2) is 11.9. The van der Waals surface area contributed by atoms with Crippen LogP contribution in [0.25, 0.3) is 0 Å². The van der Waals surface area contributed by atoms with Crippen molar-refractivity contribution in [1.82, 2.24) is 4.90 Å². The Morgan fingerprint density at radius 3 is 2.18 bits per heavy atom. The van der Waals surface area contributed by atoms with Crippen molar-refractivity contribution in [3.8, 4) is 0 Å². The Hall–Kier alpha value is -4.13. The van der Waals surface area contributed by atoms with Crippen molar-refractivity contribution in [2.75, 3.05) is 10.6 Å². The number of nitrogens with one attached hydrogen (secondary N) is 2. The van der Waals surface area contributed by atoms with Gasteiger partial charge >= 0.3 is 12.0 Å². The highest BCUT2D eigenvalue weighted by Crippen LogP contribution is 2.29. The van der Waals surface area contributed by atoms with Gasteiger partial charge in [-0.2, -0.15) is 0 Å². The molecule has 0 aliphatic carbocycles.